The Labute approximate surface area is 224 Å². The van der Waals surface area contributed by atoms with Crippen LogP contribution in [0.25, 0.3) is 34.2 Å². The Morgan fingerprint density at radius 3 is 1.89 bits per heavy atom. The van der Waals surface area contributed by atoms with Gasteiger partial charge in [0.1, 0.15) is 11.5 Å². The molecule has 5 aromatic rings. The number of benzene rings is 4. The van der Waals surface area contributed by atoms with Crippen LogP contribution in [0, 0.1) is 0 Å². The lowest BCUT2D eigenvalue weighted by Gasteiger charge is -2.21. The Balaban J connectivity index is 1.35. The summed E-state index contributed by atoms with van der Waals surface area (Å²) in [5.74, 6) is 1.30. The Bertz CT molecular complexity index is 1610. The minimum atomic E-state index is -0.0899. The van der Waals surface area contributed by atoms with Crippen molar-refractivity contribution >= 4 is 39.3 Å². The first-order valence-electron chi connectivity index (χ1n) is 12.0. The van der Waals surface area contributed by atoms with E-state index < -0.39 is 0 Å². The molecule has 6 rings (SSSR count). The quantitative estimate of drug-likeness (QED) is 0.207. The van der Waals surface area contributed by atoms with Gasteiger partial charge in [0.2, 0.25) is 0 Å². The van der Waals surface area contributed by atoms with Gasteiger partial charge in [0.25, 0.3) is 5.91 Å². The molecule has 37 heavy (non-hydrogen) atoms. The average Bonchev–Trinajstić information content (AvgIpc) is 3.55. The van der Waals surface area contributed by atoms with Gasteiger partial charge in [0.15, 0.2) is 0 Å². The lowest BCUT2D eigenvalue weighted by molar-refractivity contribution is -0.113. The maximum absolute atomic E-state index is 13.7. The molecule has 0 fully saturated rings. The zero-order chi connectivity index (χ0) is 25.2. The third kappa shape index (κ3) is 4.72. The Morgan fingerprint density at radius 2 is 1.22 bits per heavy atom. The second-order valence-corrected chi connectivity index (χ2v) is 9.67. The molecule has 1 aliphatic heterocycles. The van der Waals surface area contributed by atoms with Crippen LogP contribution in [0.4, 0.5) is 5.69 Å². The molecule has 0 aliphatic carbocycles. The third-order valence-electron chi connectivity index (χ3n) is 6.34. The molecule has 2 heterocycles. The highest BCUT2D eigenvalue weighted by Gasteiger charge is 2.30. The fraction of sp³-hybridized carbons (Fsp3) is 0. The average molecular weight is 544 g/mol. The van der Waals surface area contributed by atoms with Gasteiger partial charge in [-0.15, -0.1) is 0 Å². The Kier molecular flexibility index (Phi) is 6.17. The largest absolute Gasteiger partial charge is 0.457 e. The Morgan fingerprint density at radius 1 is 0.622 bits per heavy atom. The van der Waals surface area contributed by atoms with Gasteiger partial charge in [-0.1, -0.05) is 101 Å². The molecule has 1 amide bonds. The SMILES string of the molecule is O=C1/C(=C\c2ccc(-c3ccc(Br)cc3)o2)C=C(c2ccccc2)N1c1ccc(-c2ccccc2)cc1. The number of hydrogen-bond donors (Lipinski definition) is 0. The van der Waals surface area contributed by atoms with E-state index >= 15 is 0 Å². The maximum atomic E-state index is 13.7. The van der Waals surface area contributed by atoms with E-state index in [9.17, 15) is 4.79 Å². The Hall–Kier alpha value is -4.41. The molecule has 0 unspecified atom stereocenters. The van der Waals surface area contributed by atoms with Gasteiger partial charge in [-0.2, -0.15) is 0 Å². The van der Waals surface area contributed by atoms with E-state index in [4.69, 9.17) is 4.42 Å². The highest BCUT2D eigenvalue weighted by Crippen LogP contribution is 2.36. The number of carbonyl (C=O) groups is 1. The summed E-state index contributed by atoms with van der Waals surface area (Å²) in [7, 11) is 0. The van der Waals surface area contributed by atoms with Crippen molar-refractivity contribution in [1.82, 2.24) is 0 Å². The number of anilines is 1. The van der Waals surface area contributed by atoms with Gasteiger partial charge in [0, 0.05) is 21.3 Å². The number of nitrogens with zero attached hydrogens (tertiary/aromatic N) is 1. The fourth-order valence-electron chi connectivity index (χ4n) is 4.48. The minimum absolute atomic E-state index is 0.0899. The number of hydrogen-bond acceptors (Lipinski definition) is 2. The number of carbonyl (C=O) groups excluding carboxylic acids is 1. The van der Waals surface area contributed by atoms with Gasteiger partial charge in [-0.05, 0) is 65.2 Å². The topological polar surface area (TPSA) is 33.5 Å². The lowest BCUT2D eigenvalue weighted by Crippen LogP contribution is -2.24. The van der Waals surface area contributed by atoms with Crippen LogP contribution in [-0.2, 0) is 4.79 Å². The molecule has 4 heteroatoms. The van der Waals surface area contributed by atoms with Crippen molar-refractivity contribution in [3.05, 3.63) is 149 Å². The molecule has 0 spiro atoms. The maximum Gasteiger partial charge on any atom is 0.263 e. The predicted molar refractivity (Wildman–Crippen MR) is 154 cm³/mol. The highest BCUT2D eigenvalue weighted by atomic mass is 79.9. The molecule has 178 valence electrons. The summed E-state index contributed by atoms with van der Waals surface area (Å²) < 4.78 is 7.09. The van der Waals surface area contributed by atoms with Crippen LogP contribution in [0.1, 0.15) is 11.3 Å². The van der Waals surface area contributed by atoms with Gasteiger partial charge >= 0.3 is 0 Å². The van der Waals surface area contributed by atoms with Crippen LogP contribution in [0.15, 0.2) is 142 Å². The highest BCUT2D eigenvalue weighted by molar-refractivity contribution is 9.10. The summed E-state index contributed by atoms with van der Waals surface area (Å²) in [4.78, 5) is 15.5. The third-order valence-corrected chi connectivity index (χ3v) is 6.87. The van der Waals surface area contributed by atoms with Crippen LogP contribution in [0.5, 0.6) is 0 Å². The van der Waals surface area contributed by atoms with E-state index in [2.05, 4.69) is 40.2 Å². The standard InChI is InChI=1S/C33H22BrNO2/c34-28-15-11-26(12-16-28)32-20-19-30(37-32)21-27-22-31(25-9-5-2-6-10-25)35(33(27)36)29-17-13-24(14-18-29)23-7-3-1-4-8-23/h1-22H/b27-21-. The first-order chi connectivity index (χ1) is 18.2. The van der Waals surface area contributed by atoms with Crippen LogP contribution >= 0.6 is 15.9 Å². The molecule has 1 aromatic heterocycles. The molecule has 0 saturated carbocycles. The van der Waals surface area contributed by atoms with Crippen molar-refractivity contribution in [2.75, 3.05) is 4.90 Å². The molecular weight excluding hydrogens is 522 g/mol. The lowest BCUT2D eigenvalue weighted by atomic mass is 10.0. The fourth-order valence-corrected chi connectivity index (χ4v) is 4.74. The number of rotatable bonds is 5. The second-order valence-electron chi connectivity index (χ2n) is 8.76. The van der Waals surface area contributed by atoms with E-state index in [1.54, 1.807) is 4.90 Å². The van der Waals surface area contributed by atoms with E-state index in [1.807, 2.05) is 109 Å². The molecule has 4 aromatic carbocycles. The number of furan rings is 1. The van der Waals surface area contributed by atoms with Gasteiger partial charge in [-0.25, -0.2) is 0 Å². The molecule has 0 atom stereocenters. The van der Waals surface area contributed by atoms with Crippen molar-refractivity contribution in [1.29, 1.82) is 0 Å². The van der Waals surface area contributed by atoms with Crippen molar-refractivity contribution in [3.63, 3.8) is 0 Å². The molecule has 1 aliphatic rings. The normalized spacial score (nSPS) is 14.3. The van der Waals surface area contributed by atoms with Crippen molar-refractivity contribution in [3.8, 4) is 22.5 Å². The van der Waals surface area contributed by atoms with Crippen LogP contribution in [-0.4, -0.2) is 5.91 Å². The molecule has 0 saturated heterocycles. The molecule has 0 bridgehead atoms. The van der Waals surface area contributed by atoms with Gasteiger partial charge in [-0.3, -0.25) is 9.69 Å². The summed E-state index contributed by atoms with van der Waals surface area (Å²) in [6.45, 7) is 0. The summed E-state index contributed by atoms with van der Waals surface area (Å²) in [5.41, 5.74) is 6.42. The smallest absolute Gasteiger partial charge is 0.263 e. The van der Waals surface area contributed by atoms with Gasteiger partial charge in [0.05, 0.1) is 5.70 Å². The summed E-state index contributed by atoms with van der Waals surface area (Å²) >= 11 is 3.46. The van der Waals surface area contributed by atoms with Crippen molar-refractivity contribution in [2.45, 2.75) is 0 Å². The van der Waals surface area contributed by atoms with Crippen molar-refractivity contribution in [2.24, 2.45) is 0 Å². The first-order valence-corrected chi connectivity index (χ1v) is 12.8. The number of amides is 1. The van der Waals surface area contributed by atoms with Gasteiger partial charge < -0.3 is 4.42 Å². The zero-order valence-corrected chi connectivity index (χ0v) is 21.4. The zero-order valence-electron chi connectivity index (χ0n) is 19.8. The van der Waals surface area contributed by atoms with E-state index in [0.717, 1.165) is 43.9 Å². The van der Waals surface area contributed by atoms with Crippen LogP contribution < -0.4 is 4.90 Å². The predicted octanol–water partition coefficient (Wildman–Crippen LogP) is 8.85. The van der Waals surface area contributed by atoms with Crippen molar-refractivity contribution < 1.29 is 9.21 Å². The van der Waals surface area contributed by atoms with Crippen LogP contribution in [0.2, 0.25) is 0 Å². The van der Waals surface area contributed by atoms with E-state index in [1.165, 1.54) is 0 Å². The second kappa shape index (κ2) is 9.92. The monoisotopic (exact) mass is 543 g/mol. The summed E-state index contributed by atoms with van der Waals surface area (Å²) in [6.07, 6.45) is 3.75. The van der Waals surface area contributed by atoms with E-state index in [0.29, 0.717) is 11.3 Å². The molecule has 3 nitrogen and oxygen atoms in total. The minimum Gasteiger partial charge on any atom is -0.457 e. The molecular formula is C33H22BrNO2. The first kappa shape index (κ1) is 23.0. The molecule has 0 radical (unpaired) electrons. The summed E-state index contributed by atoms with van der Waals surface area (Å²) in [6, 6.07) is 40.1. The number of halogens is 1. The van der Waals surface area contributed by atoms with E-state index in [-0.39, 0.29) is 5.91 Å². The molecule has 0 N–H and O–H groups in total. The summed E-state index contributed by atoms with van der Waals surface area (Å²) in [5, 5.41) is 0. The van der Waals surface area contributed by atoms with Crippen LogP contribution in [0.3, 0.4) is 0 Å².